The zero-order valence-electron chi connectivity index (χ0n) is 41.0. The fourth-order valence-corrected chi connectivity index (χ4v) is 7.02. The Hall–Kier alpha value is -6.01. The number of rotatable bonds is 22. The molecule has 0 bridgehead atoms. The zero-order valence-corrected chi connectivity index (χ0v) is 43.0. The van der Waals surface area contributed by atoms with Gasteiger partial charge in [-0.15, -0.1) is 21.3 Å². The highest BCUT2D eigenvalue weighted by Gasteiger charge is 2.22. The van der Waals surface area contributed by atoms with E-state index >= 15 is 0 Å². The molecule has 5 rings (SSSR count). The summed E-state index contributed by atoms with van der Waals surface area (Å²) in [6.45, 7) is 22.1. The summed E-state index contributed by atoms with van der Waals surface area (Å²) < 4.78 is 53.8. The Morgan fingerprint density at radius 1 is 0.515 bits per heavy atom. The SMILES string of the molecule is CCOC(OCC)OC(=O)c1cc(C#C[Si](C)(C)C)cc(-n2cc(-c3cc(OC(OCC)OCC)cc(-c4cn(-c5cc(C#C[Si](C)(C)C)cc(C(=O)OC(OCC)OCC)c5)nn4)c3)nn2)c1. The van der Waals surface area contributed by atoms with Crippen molar-refractivity contribution in [2.45, 2.75) is 100 Å². The summed E-state index contributed by atoms with van der Waals surface area (Å²) in [5, 5.41) is 18.0. The summed E-state index contributed by atoms with van der Waals surface area (Å²) in [5.74, 6) is 5.56. The fourth-order valence-electron chi connectivity index (χ4n) is 5.98. The molecule has 0 saturated carbocycles. The third kappa shape index (κ3) is 16.1. The van der Waals surface area contributed by atoms with Crippen molar-refractivity contribution in [3.63, 3.8) is 0 Å². The quantitative estimate of drug-likeness (QED) is 0.0279. The van der Waals surface area contributed by atoms with E-state index in [1.54, 1.807) is 85.9 Å². The van der Waals surface area contributed by atoms with Gasteiger partial charge in [-0.1, -0.05) is 61.5 Å². The molecule has 19 heteroatoms. The second kappa shape index (κ2) is 24.8. The maximum absolute atomic E-state index is 13.5. The molecule has 0 aliphatic heterocycles. The molecule has 3 aromatic carbocycles. The first-order chi connectivity index (χ1) is 32.4. The topological polar surface area (TPSA) is 179 Å². The van der Waals surface area contributed by atoms with Gasteiger partial charge in [-0.3, -0.25) is 0 Å². The van der Waals surface area contributed by atoms with E-state index in [0.717, 1.165) is 0 Å². The highest BCUT2D eigenvalue weighted by molar-refractivity contribution is 6.84. The summed E-state index contributed by atoms with van der Waals surface area (Å²) in [5.41, 5.74) is 11.5. The van der Waals surface area contributed by atoms with E-state index in [-0.39, 0.29) is 37.6 Å². The van der Waals surface area contributed by atoms with Crippen LogP contribution in [0.25, 0.3) is 33.9 Å². The molecule has 0 amide bonds. The number of aromatic nitrogens is 6. The highest BCUT2D eigenvalue weighted by atomic mass is 28.3. The Bertz CT molecular complexity index is 2430. The number of hydrogen-bond acceptors (Lipinski definition) is 15. The van der Waals surface area contributed by atoms with E-state index < -0.39 is 47.5 Å². The van der Waals surface area contributed by atoms with Crippen LogP contribution in [-0.2, 0) is 37.9 Å². The first-order valence-corrected chi connectivity index (χ1v) is 29.6. The van der Waals surface area contributed by atoms with Gasteiger partial charge in [-0.25, -0.2) is 19.0 Å². The fraction of sp³-hybridized carbons (Fsp3) is 0.429. The van der Waals surface area contributed by atoms with Crippen LogP contribution in [0.3, 0.4) is 0 Å². The van der Waals surface area contributed by atoms with E-state index in [9.17, 15) is 9.59 Å². The molecule has 0 N–H and O–H groups in total. The van der Waals surface area contributed by atoms with E-state index in [0.29, 0.717) is 64.0 Å². The van der Waals surface area contributed by atoms with Crippen molar-refractivity contribution >= 4 is 28.1 Å². The first-order valence-electron chi connectivity index (χ1n) is 22.6. The number of carbonyl (C=O) groups is 2. The van der Waals surface area contributed by atoms with Crippen LogP contribution in [0, 0.1) is 22.9 Å². The van der Waals surface area contributed by atoms with Crippen LogP contribution in [0.5, 0.6) is 5.75 Å². The molecule has 2 heterocycles. The Kier molecular flexibility index (Phi) is 19.4. The van der Waals surface area contributed by atoms with Crippen molar-refractivity contribution in [2.24, 2.45) is 0 Å². The summed E-state index contributed by atoms with van der Waals surface area (Å²) in [4.78, 5) is 27.0. The molecule has 2 aromatic heterocycles. The molecule has 0 aliphatic carbocycles. The number of nitrogens with zero attached hydrogens (tertiary/aromatic N) is 6. The number of esters is 2. The molecule has 0 aliphatic rings. The molecule has 0 fully saturated rings. The molecule has 5 aromatic rings. The summed E-state index contributed by atoms with van der Waals surface area (Å²) in [6, 6.07) is 15.7. The van der Waals surface area contributed by atoms with E-state index in [4.69, 9.17) is 42.6 Å². The molecule has 0 unspecified atom stereocenters. The van der Waals surface area contributed by atoms with Gasteiger partial charge >= 0.3 is 31.4 Å². The first kappa shape index (κ1) is 53.0. The normalized spacial score (nSPS) is 11.6. The number of ether oxygens (including phenoxy) is 9. The van der Waals surface area contributed by atoms with Crippen LogP contribution < -0.4 is 4.74 Å². The molecular weight excluding hydrogens is 905 g/mol. The van der Waals surface area contributed by atoms with Crippen molar-refractivity contribution in [1.29, 1.82) is 0 Å². The lowest BCUT2D eigenvalue weighted by Gasteiger charge is -2.19. The molecule has 0 saturated heterocycles. The minimum atomic E-state index is -1.80. The van der Waals surface area contributed by atoms with Crippen molar-refractivity contribution in [2.75, 3.05) is 39.6 Å². The minimum absolute atomic E-state index is 0.223. The maximum atomic E-state index is 13.5. The smallest absolute Gasteiger partial charge is 0.342 e. The van der Waals surface area contributed by atoms with Crippen LogP contribution in [0.15, 0.2) is 67.0 Å². The van der Waals surface area contributed by atoms with E-state index in [1.807, 2.05) is 32.0 Å². The summed E-state index contributed by atoms with van der Waals surface area (Å²) in [6.07, 6.45) is 3.45. The van der Waals surface area contributed by atoms with Gasteiger partial charge in [0.1, 0.15) is 33.3 Å². The van der Waals surface area contributed by atoms with Crippen molar-refractivity contribution in [3.05, 3.63) is 89.2 Å². The molecule has 0 atom stereocenters. The van der Waals surface area contributed by atoms with Gasteiger partial charge in [0.25, 0.3) is 0 Å². The van der Waals surface area contributed by atoms with Gasteiger partial charge in [0.2, 0.25) is 0 Å². The van der Waals surface area contributed by atoms with E-state index in [2.05, 4.69) is 82.8 Å². The third-order valence-corrected chi connectivity index (χ3v) is 10.7. The molecule has 0 spiro atoms. The molecular formula is C49H62N6O11Si2. The van der Waals surface area contributed by atoms with Crippen LogP contribution in [0.1, 0.15) is 73.4 Å². The van der Waals surface area contributed by atoms with Gasteiger partial charge in [0.15, 0.2) is 0 Å². The van der Waals surface area contributed by atoms with Crippen LogP contribution >= 0.6 is 0 Å². The van der Waals surface area contributed by atoms with Gasteiger partial charge < -0.3 is 42.6 Å². The van der Waals surface area contributed by atoms with Gasteiger partial charge in [-0.2, -0.15) is 0 Å². The molecule has 17 nitrogen and oxygen atoms in total. The average molecular weight is 967 g/mol. The van der Waals surface area contributed by atoms with Crippen molar-refractivity contribution in [1.82, 2.24) is 30.0 Å². The van der Waals surface area contributed by atoms with Gasteiger partial charge in [0.05, 0.1) is 74.5 Å². The van der Waals surface area contributed by atoms with Crippen LogP contribution in [0.2, 0.25) is 39.3 Å². The monoisotopic (exact) mass is 966 g/mol. The molecule has 0 radical (unpaired) electrons. The number of carbonyl (C=O) groups excluding carboxylic acids is 2. The van der Waals surface area contributed by atoms with Crippen molar-refractivity contribution in [3.8, 4) is 62.6 Å². The summed E-state index contributed by atoms with van der Waals surface area (Å²) in [7, 11) is -3.61. The second-order valence-corrected chi connectivity index (χ2v) is 26.4. The summed E-state index contributed by atoms with van der Waals surface area (Å²) >= 11 is 0. The minimum Gasteiger partial charge on any atom is -0.441 e. The second-order valence-electron chi connectivity index (χ2n) is 16.9. The average Bonchev–Trinajstić information content (AvgIpc) is 4.00. The Morgan fingerprint density at radius 2 is 0.882 bits per heavy atom. The molecule has 362 valence electrons. The maximum Gasteiger partial charge on any atom is 0.342 e. The zero-order chi connectivity index (χ0) is 49.4. The Balaban J connectivity index is 1.59. The highest BCUT2D eigenvalue weighted by Crippen LogP contribution is 2.32. The lowest BCUT2D eigenvalue weighted by atomic mass is 10.1. The van der Waals surface area contributed by atoms with Crippen molar-refractivity contribution < 1.29 is 52.2 Å². The largest absolute Gasteiger partial charge is 0.441 e. The Morgan fingerprint density at radius 3 is 1.24 bits per heavy atom. The molecule has 68 heavy (non-hydrogen) atoms. The van der Waals surface area contributed by atoms with E-state index in [1.165, 1.54) is 0 Å². The third-order valence-electron chi connectivity index (χ3n) is 8.94. The van der Waals surface area contributed by atoms with Gasteiger partial charge in [0, 0.05) is 22.3 Å². The van der Waals surface area contributed by atoms with Crippen LogP contribution in [0.4, 0.5) is 0 Å². The van der Waals surface area contributed by atoms with Crippen LogP contribution in [-0.4, -0.2) is 117 Å². The Labute approximate surface area is 400 Å². The number of hydrogen-bond donors (Lipinski definition) is 0. The van der Waals surface area contributed by atoms with Gasteiger partial charge in [-0.05, 0) is 96.1 Å². The number of benzene rings is 3. The predicted octanol–water partition coefficient (Wildman–Crippen LogP) is 8.40. The lowest BCUT2D eigenvalue weighted by molar-refractivity contribution is -0.257. The standard InChI is InChI=1S/C49H62N6O11Si2/c1-13-58-47(59-14-2)64-42-30-36(43-32-54(52-50-43)40-25-34(19-21-67(7,8)9)23-38(28-40)45(56)65-48(60-15-3)61-16-4)27-37(31-42)44-33-55(53-51-44)41-26-35(20-22-68(10,11)12)24-39(29-41)46(57)66-49(62-17-5)63-18-6/h23-33,47-49H,13-18H2,1-12H3. The lowest BCUT2D eigenvalue weighted by Crippen LogP contribution is -2.25. The predicted molar refractivity (Wildman–Crippen MR) is 260 cm³/mol.